The highest BCUT2D eigenvalue weighted by Gasteiger charge is 2.30. The molecule has 3 nitrogen and oxygen atoms in total. The Morgan fingerprint density at radius 3 is 2.26 bits per heavy atom. The lowest BCUT2D eigenvalue weighted by molar-refractivity contribution is -0.274. The van der Waals surface area contributed by atoms with Gasteiger partial charge < -0.3 is 10.5 Å². The van der Waals surface area contributed by atoms with Gasteiger partial charge in [0, 0.05) is 19.6 Å². The number of nitrogens with two attached hydrogens (primary N) is 1. The molecule has 2 N–H and O–H groups in total. The highest BCUT2D eigenvalue weighted by molar-refractivity contribution is 5.27. The van der Waals surface area contributed by atoms with E-state index >= 15 is 0 Å². The predicted octanol–water partition coefficient (Wildman–Crippen LogP) is 2.76. The van der Waals surface area contributed by atoms with Crippen molar-refractivity contribution < 1.29 is 17.9 Å². The van der Waals surface area contributed by atoms with Crippen molar-refractivity contribution in [3.8, 4) is 5.75 Å². The van der Waals surface area contributed by atoms with E-state index in [4.69, 9.17) is 5.73 Å². The molecule has 0 aliphatic heterocycles. The van der Waals surface area contributed by atoms with Crippen molar-refractivity contribution in [2.75, 3.05) is 19.6 Å². The molecule has 0 bridgehead atoms. The summed E-state index contributed by atoms with van der Waals surface area (Å²) in [5, 5.41) is 0. The van der Waals surface area contributed by atoms with E-state index in [9.17, 15) is 13.2 Å². The standard InChI is InChI=1S/C13H19F3N2O/c1-2-8-18(9-7-17)10-11-3-5-12(6-4-11)19-13(14,15)16/h3-6H,2,7-10,17H2,1H3. The van der Waals surface area contributed by atoms with E-state index < -0.39 is 6.36 Å². The minimum atomic E-state index is -4.64. The maximum Gasteiger partial charge on any atom is 0.573 e. The molecule has 0 heterocycles. The van der Waals surface area contributed by atoms with E-state index in [-0.39, 0.29) is 5.75 Å². The summed E-state index contributed by atoms with van der Waals surface area (Å²) in [6, 6.07) is 5.94. The number of rotatable bonds is 7. The minimum Gasteiger partial charge on any atom is -0.406 e. The quantitative estimate of drug-likeness (QED) is 0.832. The van der Waals surface area contributed by atoms with Crippen molar-refractivity contribution in [3.63, 3.8) is 0 Å². The number of hydrogen-bond acceptors (Lipinski definition) is 3. The molecular weight excluding hydrogens is 257 g/mol. The van der Waals surface area contributed by atoms with Crippen molar-refractivity contribution >= 4 is 0 Å². The summed E-state index contributed by atoms with van der Waals surface area (Å²) in [6.07, 6.45) is -3.63. The summed E-state index contributed by atoms with van der Waals surface area (Å²) in [6.45, 7) is 5.00. The molecule has 0 aliphatic carbocycles. The Labute approximate surface area is 111 Å². The van der Waals surface area contributed by atoms with Gasteiger partial charge in [-0.25, -0.2) is 0 Å². The van der Waals surface area contributed by atoms with Gasteiger partial charge in [-0.1, -0.05) is 19.1 Å². The largest absolute Gasteiger partial charge is 0.573 e. The van der Waals surface area contributed by atoms with E-state index in [1.54, 1.807) is 12.1 Å². The summed E-state index contributed by atoms with van der Waals surface area (Å²) < 4.78 is 39.8. The van der Waals surface area contributed by atoms with E-state index in [1.165, 1.54) is 12.1 Å². The number of alkyl halides is 3. The third-order valence-corrected chi connectivity index (χ3v) is 2.55. The minimum absolute atomic E-state index is 0.197. The van der Waals surface area contributed by atoms with Crippen LogP contribution in [0.15, 0.2) is 24.3 Å². The van der Waals surface area contributed by atoms with Crippen molar-refractivity contribution in [2.45, 2.75) is 26.3 Å². The molecule has 0 atom stereocenters. The van der Waals surface area contributed by atoms with E-state index in [2.05, 4.69) is 16.6 Å². The second kappa shape index (κ2) is 7.35. The molecule has 0 saturated heterocycles. The summed E-state index contributed by atoms with van der Waals surface area (Å²) >= 11 is 0. The van der Waals surface area contributed by atoms with Gasteiger partial charge in [-0.05, 0) is 30.7 Å². The van der Waals surface area contributed by atoms with Crippen LogP contribution in [-0.2, 0) is 6.54 Å². The van der Waals surface area contributed by atoms with Crippen LogP contribution in [0.3, 0.4) is 0 Å². The smallest absolute Gasteiger partial charge is 0.406 e. The first kappa shape index (κ1) is 15.8. The molecule has 1 aromatic carbocycles. The first-order chi connectivity index (χ1) is 8.94. The van der Waals surface area contributed by atoms with Crippen LogP contribution in [0.4, 0.5) is 13.2 Å². The second-order valence-electron chi connectivity index (χ2n) is 4.26. The average molecular weight is 276 g/mol. The Balaban J connectivity index is 2.60. The van der Waals surface area contributed by atoms with Gasteiger partial charge >= 0.3 is 6.36 Å². The molecule has 0 radical (unpaired) electrons. The molecule has 0 fully saturated rings. The fraction of sp³-hybridized carbons (Fsp3) is 0.538. The Kier molecular flexibility index (Phi) is 6.11. The summed E-state index contributed by atoms with van der Waals surface area (Å²) in [7, 11) is 0. The third kappa shape index (κ3) is 6.45. The van der Waals surface area contributed by atoms with E-state index in [1.807, 2.05) is 0 Å². The van der Waals surface area contributed by atoms with Gasteiger partial charge in [-0.15, -0.1) is 13.2 Å². The van der Waals surface area contributed by atoms with Gasteiger partial charge in [-0.2, -0.15) is 0 Å². The fourth-order valence-corrected chi connectivity index (χ4v) is 1.82. The lowest BCUT2D eigenvalue weighted by Gasteiger charge is -2.21. The lowest BCUT2D eigenvalue weighted by atomic mass is 10.2. The zero-order chi connectivity index (χ0) is 14.3. The predicted molar refractivity (Wildman–Crippen MR) is 67.7 cm³/mol. The molecule has 6 heteroatoms. The number of hydrogen-bond donors (Lipinski definition) is 1. The highest BCUT2D eigenvalue weighted by atomic mass is 19.4. The molecule has 19 heavy (non-hydrogen) atoms. The van der Waals surface area contributed by atoms with Gasteiger partial charge in [0.25, 0.3) is 0 Å². The molecule has 0 spiro atoms. The van der Waals surface area contributed by atoms with Crippen LogP contribution in [0.2, 0.25) is 0 Å². The fourth-order valence-electron chi connectivity index (χ4n) is 1.82. The van der Waals surface area contributed by atoms with E-state index in [0.717, 1.165) is 25.1 Å². The first-order valence-corrected chi connectivity index (χ1v) is 6.21. The average Bonchev–Trinajstić information content (AvgIpc) is 2.30. The second-order valence-corrected chi connectivity index (χ2v) is 4.26. The molecule has 1 rings (SSSR count). The SMILES string of the molecule is CCCN(CCN)Cc1ccc(OC(F)(F)F)cc1. The zero-order valence-corrected chi connectivity index (χ0v) is 10.9. The maximum atomic E-state index is 12.0. The van der Waals surface area contributed by atoms with Gasteiger partial charge in [0.15, 0.2) is 0 Å². The van der Waals surface area contributed by atoms with Crippen LogP contribution in [0, 0.1) is 0 Å². The Bertz CT molecular complexity index is 359. The molecule has 1 aromatic rings. The van der Waals surface area contributed by atoms with Gasteiger partial charge in [0.05, 0.1) is 0 Å². The molecule has 0 aromatic heterocycles. The van der Waals surface area contributed by atoms with Crippen molar-refractivity contribution in [3.05, 3.63) is 29.8 Å². The van der Waals surface area contributed by atoms with Crippen LogP contribution in [0.25, 0.3) is 0 Å². The molecule has 0 unspecified atom stereocenters. The van der Waals surface area contributed by atoms with Crippen LogP contribution >= 0.6 is 0 Å². The van der Waals surface area contributed by atoms with Crippen LogP contribution in [0.1, 0.15) is 18.9 Å². The van der Waals surface area contributed by atoms with Crippen molar-refractivity contribution in [1.82, 2.24) is 4.90 Å². The van der Waals surface area contributed by atoms with Crippen molar-refractivity contribution in [2.24, 2.45) is 5.73 Å². The van der Waals surface area contributed by atoms with E-state index in [0.29, 0.717) is 13.1 Å². The van der Waals surface area contributed by atoms with Gasteiger partial charge in [0.1, 0.15) is 5.75 Å². The highest BCUT2D eigenvalue weighted by Crippen LogP contribution is 2.23. The Morgan fingerprint density at radius 2 is 1.79 bits per heavy atom. The normalized spacial score (nSPS) is 11.9. The Morgan fingerprint density at radius 1 is 1.16 bits per heavy atom. The van der Waals surface area contributed by atoms with Gasteiger partial charge in [-0.3, -0.25) is 4.90 Å². The molecule has 0 aliphatic rings. The van der Waals surface area contributed by atoms with Gasteiger partial charge in [0.2, 0.25) is 0 Å². The molecule has 108 valence electrons. The summed E-state index contributed by atoms with van der Waals surface area (Å²) in [4.78, 5) is 2.17. The molecule has 0 saturated carbocycles. The molecular formula is C13H19F3N2O. The van der Waals surface area contributed by atoms with Crippen LogP contribution < -0.4 is 10.5 Å². The van der Waals surface area contributed by atoms with Crippen LogP contribution in [0.5, 0.6) is 5.75 Å². The summed E-state index contributed by atoms with van der Waals surface area (Å²) in [5.41, 5.74) is 6.46. The third-order valence-electron chi connectivity index (χ3n) is 2.55. The maximum absolute atomic E-state index is 12.0. The summed E-state index contributed by atoms with van der Waals surface area (Å²) in [5.74, 6) is -0.197. The monoisotopic (exact) mass is 276 g/mol. The van der Waals surface area contributed by atoms with Crippen molar-refractivity contribution in [1.29, 1.82) is 0 Å². The topological polar surface area (TPSA) is 38.5 Å². The number of ether oxygens (including phenoxy) is 1. The lowest BCUT2D eigenvalue weighted by Crippen LogP contribution is -2.29. The first-order valence-electron chi connectivity index (χ1n) is 6.21. The number of benzene rings is 1. The number of nitrogens with zero attached hydrogens (tertiary/aromatic N) is 1. The zero-order valence-electron chi connectivity index (χ0n) is 10.9. The van der Waals surface area contributed by atoms with Crippen LogP contribution in [-0.4, -0.2) is 30.9 Å². The number of halogens is 3. The Hall–Kier alpha value is -1.27. The molecule has 0 amide bonds.